The minimum absolute atomic E-state index is 0. The molecule has 0 aliphatic carbocycles. The van der Waals surface area contributed by atoms with Crippen LogP contribution < -0.4 is 61.6 Å². The second-order valence-electron chi connectivity index (χ2n) is 6.30. The number of aromatic nitrogens is 1. The van der Waals surface area contributed by atoms with E-state index in [1.165, 1.54) is 6.20 Å². The molecule has 2 rings (SSSR count). The van der Waals surface area contributed by atoms with Crippen LogP contribution in [0.3, 0.4) is 0 Å². The Balaban J connectivity index is 0.00000220. The van der Waals surface area contributed by atoms with Gasteiger partial charge < -0.3 is 22.4 Å². The molecule has 3 nitrogen and oxygen atoms in total. The molecule has 0 spiro atoms. The molecule has 1 unspecified atom stereocenters. The average molecular weight is 327 g/mol. The Hall–Kier alpha value is 0.401. The molecular weight excluding hydrogens is 309 g/mol. The molecule has 21 heavy (non-hydrogen) atoms. The van der Waals surface area contributed by atoms with Gasteiger partial charge in [0.05, 0.1) is 11.8 Å². The quantitative estimate of drug-likeness (QED) is 0.725. The van der Waals surface area contributed by atoms with Gasteiger partial charge in [-0.05, 0) is 33.8 Å². The van der Waals surface area contributed by atoms with Gasteiger partial charge in [0, 0.05) is 12.6 Å². The normalized spacial score (nSPS) is 23.5. The minimum atomic E-state index is -5.07. The molecule has 1 aromatic heterocycles. The molecule has 0 saturated carbocycles. The van der Waals surface area contributed by atoms with Gasteiger partial charge in [0.15, 0.2) is 0 Å². The van der Waals surface area contributed by atoms with Gasteiger partial charge in [-0.2, -0.15) is 0 Å². The SMILES string of the molecule is CC1(C)CC(Oc2cncc([B-](F)(F)F)c2)C(C)(C)O1.[K+]. The van der Waals surface area contributed by atoms with E-state index in [0.717, 1.165) is 12.3 Å². The van der Waals surface area contributed by atoms with Crippen molar-refractivity contribution < 1.29 is 73.8 Å². The van der Waals surface area contributed by atoms with E-state index >= 15 is 0 Å². The van der Waals surface area contributed by atoms with Crippen LogP contribution in [0.5, 0.6) is 5.75 Å². The van der Waals surface area contributed by atoms with Gasteiger partial charge in [-0.25, -0.2) is 0 Å². The van der Waals surface area contributed by atoms with Gasteiger partial charge in [0.1, 0.15) is 17.5 Å². The second kappa shape index (κ2) is 6.49. The molecule has 1 aliphatic heterocycles. The molecule has 1 aromatic rings. The number of halogens is 3. The molecule has 1 fully saturated rings. The zero-order chi connectivity index (χ0) is 15.2. The first-order chi connectivity index (χ1) is 9.00. The van der Waals surface area contributed by atoms with Crippen molar-refractivity contribution in [2.75, 3.05) is 0 Å². The Morgan fingerprint density at radius 1 is 1.24 bits per heavy atom. The maximum absolute atomic E-state index is 12.7. The third kappa shape index (κ3) is 4.94. The van der Waals surface area contributed by atoms with Crippen molar-refractivity contribution in [3.8, 4) is 5.75 Å². The van der Waals surface area contributed by atoms with Crippen molar-refractivity contribution in [2.24, 2.45) is 0 Å². The van der Waals surface area contributed by atoms with E-state index in [1.54, 1.807) is 0 Å². The van der Waals surface area contributed by atoms with Gasteiger partial charge in [0.25, 0.3) is 0 Å². The second-order valence-corrected chi connectivity index (χ2v) is 6.30. The molecule has 1 atom stereocenters. The average Bonchev–Trinajstić information content (AvgIpc) is 2.45. The molecule has 8 heteroatoms. The zero-order valence-corrected chi connectivity index (χ0v) is 16.1. The molecule has 0 N–H and O–H groups in total. The maximum atomic E-state index is 12.7. The minimum Gasteiger partial charge on any atom is -0.486 e. The summed E-state index contributed by atoms with van der Waals surface area (Å²) >= 11 is 0. The van der Waals surface area contributed by atoms with Crippen molar-refractivity contribution in [2.45, 2.75) is 51.4 Å². The van der Waals surface area contributed by atoms with Crippen LogP contribution >= 0.6 is 0 Å². The van der Waals surface area contributed by atoms with E-state index in [1.807, 2.05) is 27.7 Å². The number of hydrogen-bond donors (Lipinski definition) is 0. The topological polar surface area (TPSA) is 31.4 Å². The molecular formula is C13H18BF3KNO2. The van der Waals surface area contributed by atoms with Crippen molar-refractivity contribution >= 4 is 12.4 Å². The molecule has 2 heterocycles. The van der Waals surface area contributed by atoms with Gasteiger partial charge in [0.2, 0.25) is 0 Å². The number of rotatable bonds is 3. The summed E-state index contributed by atoms with van der Waals surface area (Å²) in [5, 5.41) is 0. The van der Waals surface area contributed by atoms with E-state index in [2.05, 4.69) is 4.98 Å². The standard InChI is InChI=1S/C13H18BF3NO2.K/c1-12(2)6-11(13(3,4)20-12)19-10-5-9(7-18-8-10)14(15,16)17;/h5,7-8,11H,6H2,1-4H3;/q-1;+1. The Morgan fingerprint density at radius 2 is 1.86 bits per heavy atom. The van der Waals surface area contributed by atoms with Gasteiger partial charge in [-0.1, -0.05) is 5.46 Å². The van der Waals surface area contributed by atoms with E-state index in [0.29, 0.717) is 6.42 Å². The Kier molecular flexibility index (Phi) is 6.01. The summed E-state index contributed by atoms with van der Waals surface area (Å²) < 4.78 is 49.6. The number of hydrogen-bond acceptors (Lipinski definition) is 3. The van der Waals surface area contributed by atoms with E-state index in [-0.39, 0.29) is 68.8 Å². The third-order valence-electron chi connectivity index (χ3n) is 3.38. The summed E-state index contributed by atoms with van der Waals surface area (Å²) in [5.41, 5.74) is -1.66. The Morgan fingerprint density at radius 3 is 2.33 bits per heavy atom. The first kappa shape index (κ1) is 19.4. The number of pyridine rings is 1. The van der Waals surface area contributed by atoms with Crippen LogP contribution in [0.4, 0.5) is 12.9 Å². The van der Waals surface area contributed by atoms with Gasteiger partial charge >= 0.3 is 58.4 Å². The molecule has 0 aromatic carbocycles. The predicted octanol–water partition coefficient (Wildman–Crippen LogP) is -0.135. The van der Waals surface area contributed by atoms with Crippen LogP contribution in [0.2, 0.25) is 0 Å². The fourth-order valence-electron chi connectivity index (χ4n) is 2.54. The molecule has 0 bridgehead atoms. The third-order valence-corrected chi connectivity index (χ3v) is 3.38. The summed E-state index contributed by atoms with van der Waals surface area (Å²) in [5.74, 6) is 0.126. The summed E-state index contributed by atoms with van der Waals surface area (Å²) in [4.78, 5) is 3.61. The first-order valence-corrected chi connectivity index (χ1v) is 6.51. The van der Waals surface area contributed by atoms with E-state index in [9.17, 15) is 12.9 Å². The van der Waals surface area contributed by atoms with Crippen LogP contribution in [0, 0.1) is 0 Å². The van der Waals surface area contributed by atoms with Crippen molar-refractivity contribution in [1.29, 1.82) is 0 Å². The maximum Gasteiger partial charge on any atom is 1.00 e. The monoisotopic (exact) mass is 327 g/mol. The summed E-state index contributed by atoms with van der Waals surface area (Å²) in [6.07, 6.45) is 2.41. The zero-order valence-electron chi connectivity index (χ0n) is 13.0. The van der Waals surface area contributed by atoms with Gasteiger partial charge in [-0.15, -0.1) is 0 Å². The van der Waals surface area contributed by atoms with Crippen LogP contribution in [0.25, 0.3) is 0 Å². The number of ether oxygens (including phenoxy) is 2. The van der Waals surface area contributed by atoms with Crippen LogP contribution in [0.1, 0.15) is 34.1 Å². The molecule has 112 valence electrons. The fourth-order valence-corrected chi connectivity index (χ4v) is 2.54. The van der Waals surface area contributed by atoms with Crippen molar-refractivity contribution in [1.82, 2.24) is 4.98 Å². The van der Waals surface area contributed by atoms with Gasteiger partial charge in [-0.3, -0.25) is 4.98 Å². The molecule has 1 saturated heterocycles. The Labute approximate surface area is 165 Å². The smallest absolute Gasteiger partial charge is 0.486 e. The van der Waals surface area contributed by atoms with E-state index < -0.39 is 18.0 Å². The fraction of sp³-hybridized carbons (Fsp3) is 0.615. The summed E-state index contributed by atoms with van der Waals surface area (Å²) in [7, 11) is 0. The summed E-state index contributed by atoms with van der Waals surface area (Å²) in [6.45, 7) is 2.55. The number of nitrogens with zero attached hydrogens (tertiary/aromatic N) is 1. The van der Waals surface area contributed by atoms with E-state index in [4.69, 9.17) is 9.47 Å². The van der Waals surface area contributed by atoms with Crippen LogP contribution in [0.15, 0.2) is 18.5 Å². The van der Waals surface area contributed by atoms with Crippen LogP contribution in [-0.2, 0) is 4.74 Å². The molecule has 0 amide bonds. The Bertz CT molecular complexity index is 508. The summed E-state index contributed by atoms with van der Waals surface area (Å²) in [6, 6.07) is 0.994. The van der Waals surface area contributed by atoms with Crippen LogP contribution in [-0.4, -0.2) is 29.3 Å². The largest absolute Gasteiger partial charge is 1.00 e. The first-order valence-electron chi connectivity index (χ1n) is 6.51. The predicted molar refractivity (Wildman–Crippen MR) is 71.2 cm³/mol. The molecule has 0 radical (unpaired) electrons. The van der Waals surface area contributed by atoms with Crippen molar-refractivity contribution in [3.05, 3.63) is 18.5 Å². The van der Waals surface area contributed by atoms with Crippen molar-refractivity contribution in [3.63, 3.8) is 0 Å². The molecule has 1 aliphatic rings.